The number of halogens is 4. The summed E-state index contributed by atoms with van der Waals surface area (Å²) in [5.74, 6) is -1.10. The Kier molecular flexibility index (Phi) is 5.35. The van der Waals surface area contributed by atoms with Gasteiger partial charge in [0.1, 0.15) is 0 Å². The summed E-state index contributed by atoms with van der Waals surface area (Å²) < 4.78 is 61.7. The molecule has 0 N–H and O–H groups in total. The van der Waals surface area contributed by atoms with E-state index >= 15 is 0 Å². The van der Waals surface area contributed by atoms with E-state index in [4.69, 9.17) is 0 Å². The van der Waals surface area contributed by atoms with Crippen LogP contribution in [0.2, 0.25) is 0 Å². The largest absolute Gasteiger partial charge is 0.868 e. The molecule has 0 atom stereocenters. The van der Waals surface area contributed by atoms with Crippen LogP contribution < -0.4 is 26.3 Å². The van der Waals surface area contributed by atoms with Crippen LogP contribution in [0, 0.1) is 3.57 Å². The second kappa shape index (κ2) is 6.91. The third kappa shape index (κ3) is 4.05. The van der Waals surface area contributed by atoms with E-state index in [1.54, 1.807) is 24.3 Å². The minimum atomic E-state index is -5.67. The van der Waals surface area contributed by atoms with E-state index in [0.717, 1.165) is 0 Å². The second-order valence-electron chi connectivity index (χ2n) is 4.31. The van der Waals surface area contributed by atoms with Gasteiger partial charge in [0.15, 0.2) is 3.57 Å². The van der Waals surface area contributed by atoms with Gasteiger partial charge in [0.2, 0.25) is 0 Å². The Morgan fingerprint density at radius 1 is 0.913 bits per heavy atom. The summed E-state index contributed by atoms with van der Waals surface area (Å²) in [5.41, 5.74) is -5.58. The summed E-state index contributed by atoms with van der Waals surface area (Å²) in [6.45, 7) is 0. The van der Waals surface area contributed by atoms with E-state index in [0.29, 0.717) is 3.57 Å². The lowest BCUT2D eigenvalue weighted by atomic mass is 10.2. The Labute approximate surface area is 141 Å². The smallest absolute Gasteiger partial charge is 0.505 e. The molecule has 0 radical (unpaired) electrons. The van der Waals surface area contributed by atoms with Gasteiger partial charge in [0.25, 0.3) is 2.91 Å². The van der Waals surface area contributed by atoms with Gasteiger partial charge in [-0.15, -0.1) is 0 Å². The van der Waals surface area contributed by atoms with Crippen LogP contribution in [0.4, 0.5) is 13.2 Å². The highest BCUT2D eigenvalue weighted by Gasteiger charge is 2.54. The van der Waals surface area contributed by atoms with Crippen LogP contribution in [0.3, 0.4) is 0 Å². The van der Waals surface area contributed by atoms with Gasteiger partial charge in [0, 0.05) is 0 Å². The van der Waals surface area contributed by atoms with Gasteiger partial charge in [-0.05, 0) is 23.5 Å². The maximum atomic E-state index is 12.9. The van der Waals surface area contributed by atoms with Crippen LogP contribution in [-0.4, -0.2) is 13.9 Å². The van der Waals surface area contributed by atoms with Crippen LogP contribution >= 0.6 is 0 Å². The van der Waals surface area contributed by atoms with Crippen molar-refractivity contribution in [3.63, 3.8) is 0 Å². The first kappa shape index (κ1) is 17.8. The number of rotatable bonds is 4. The predicted molar refractivity (Wildman–Crippen MR) is 73.5 cm³/mol. The zero-order chi connectivity index (χ0) is 17.1. The Morgan fingerprint density at radius 3 is 1.87 bits per heavy atom. The molecular formula is C15H10F3IO3S. The fraction of sp³-hybridized carbons (Fsp3) is 0.0667. The quantitative estimate of drug-likeness (QED) is 0.466. The summed E-state index contributed by atoms with van der Waals surface area (Å²) in [5, 5.41) is 12.4. The van der Waals surface area contributed by atoms with Crippen molar-refractivity contribution in [3.8, 4) is 0 Å². The Bertz CT molecular complexity index is 801. The molecule has 0 amide bonds. The average Bonchev–Trinajstić information content (AvgIpc) is 2.52. The summed E-state index contributed by atoms with van der Waals surface area (Å²) >= 11 is -1.80. The summed E-state index contributed by atoms with van der Waals surface area (Å²) in [7, 11) is -5.67. The minimum Gasteiger partial charge on any atom is -0.868 e. The van der Waals surface area contributed by atoms with Gasteiger partial charge >= 0.3 is 36.6 Å². The van der Waals surface area contributed by atoms with Gasteiger partial charge < -0.3 is 5.11 Å². The molecule has 0 saturated carbocycles. The topological polar surface area (TPSA) is 57.2 Å². The number of hydrogen-bond donors (Lipinski definition) is 0. The Hall–Kier alpha value is -1.55. The lowest BCUT2D eigenvalue weighted by Gasteiger charge is -2.14. The van der Waals surface area contributed by atoms with Crippen molar-refractivity contribution < 1.29 is 47.9 Å². The molecule has 2 aromatic rings. The highest BCUT2D eigenvalue weighted by atomic mass is 127. The lowest BCUT2D eigenvalue weighted by molar-refractivity contribution is -0.568. The average molecular weight is 454 g/mol. The van der Waals surface area contributed by atoms with Gasteiger partial charge in [-0.25, -0.2) is 8.42 Å². The van der Waals surface area contributed by atoms with E-state index < -0.39 is 45.2 Å². The molecule has 122 valence electrons. The SMILES string of the molecule is O=S(=O)(/C([I+]c1ccccc1)=C(\[O-])c1ccccc1)C(F)(F)F. The second-order valence-corrected chi connectivity index (χ2v) is 9.78. The van der Waals surface area contributed by atoms with Crippen molar-refractivity contribution in [3.05, 3.63) is 72.7 Å². The molecule has 0 aliphatic rings. The molecule has 2 aromatic carbocycles. The van der Waals surface area contributed by atoms with E-state index in [1.165, 1.54) is 36.4 Å². The normalized spacial score (nSPS) is 13.5. The number of sulfone groups is 1. The third-order valence-electron chi connectivity index (χ3n) is 2.68. The maximum Gasteiger partial charge on any atom is 0.505 e. The molecule has 8 heteroatoms. The molecule has 0 aliphatic carbocycles. The Balaban J connectivity index is 2.61. The monoisotopic (exact) mass is 454 g/mol. The van der Waals surface area contributed by atoms with Crippen molar-refractivity contribution in [2.45, 2.75) is 5.51 Å². The van der Waals surface area contributed by atoms with Crippen LogP contribution in [0.25, 0.3) is 5.76 Å². The molecular weight excluding hydrogens is 444 g/mol. The molecule has 0 fully saturated rings. The first-order chi connectivity index (χ1) is 10.7. The molecule has 0 spiro atoms. The first-order valence-electron chi connectivity index (χ1n) is 6.21. The summed E-state index contributed by atoms with van der Waals surface area (Å²) in [6.07, 6.45) is 0. The van der Waals surface area contributed by atoms with E-state index in [1.807, 2.05) is 0 Å². The highest BCUT2D eigenvalue weighted by molar-refractivity contribution is 7.95. The predicted octanol–water partition coefficient (Wildman–Crippen LogP) is -0.434. The zero-order valence-electron chi connectivity index (χ0n) is 11.4. The fourth-order valence-corrected chi connectivity index (χ4v) is 6.38. The highest BCUT2D eigenvalue weighted by Crippen LogP contribution is 2.28. The van der Waals surface area contributed by atoms with Gasteiger partial charge in [-0.1, -0.05) is 48.5 Å². The van der Waals surface area contributed by atoms with Crippen molar-refractivity contribution in [1.29, 1.82) is 0 Å². The molecule has 0 aromatic heterocycles. The van der Waals surface area contributed by atoms with Gasteiger partial charge in [-0.3, -0.25) is 0 Å². The van der Waals surface area contributed by atoms with Crippen molar-refractivity contribution in [1.82, 2.24) is 0 Å². The van der Waals surface area contributed by atoms with Gasteiger partial charge in [-0.2, -0.15) is 13.2 Å². The lowest BCUT2D eigenvalue weighted by Crippen LogP contribution is -3.61. The number of alkyl halides is 3. The molecule has 0 aliphatic heterocycles. The summed E-state index contributed by atoms with van der Waals surface area (Å²) in [4.78, 5) is 0. The van der Waals surface area contributed by atoms with E-state index in [-0.39, 0.29) is 5.56 Å². The molecule has 2 rings (SSSR count). The third-order valence-corrected chi connectivity index (χ3v) is 8.53. The molecule has 0 bridgehead atoms. The first-order valence-corrected chi connectivity index (χ1v) is 9.85. The molecule has 3 nitrogen and oxygen atoms in total. The van der Waals surface area contributed by atoms with Crippen molar-refractivity contribution in [2.75, 3.05) is 0 Å². The van der Waals surface area contributed by atoms with Crippen molar-refractivity contribution in [2.24, 2.45) is 0 Å². The molecule has 23 heavy (non-hydrogen) atoms. The van der Waals surface area contributed by atoms with Crippen LogP contribution in [0.1, 0.15) is 5.56 Å². The summed E-state index contributed by atoms with van der Waals surface area (Å²) in [6, 6.07) is 14.9. The van der Waals surface area contributed by atoms with E-state index in [2.05, 4.69) is 0 Å². The molecule has 0 heterocycles. The Morgan fingerprint density at radius 2 is 1.39 bits per heavy atom. The van der Waals surface area contributed by atoms with Gasteiger partial charge in [0.05, 0.1) is 0 Å². The van der Waals surface area contributed by atoms with Crippen LogP contribution in [-0.2, 0) is 9.84 Å². The number of benzene rings is 2. The van der Waals surface area contributed by atoms with Crippen molar-refractivity contribution >= 4 is 15.6 Å². The molecule has 0 unspecified atom stereocenters. The van der Waals surface area contributed by atoms with E-state index in [9.17, 15) is 26.7 Å². The zero-order valence-corrected chi connectivity index (χ0v) is 14.4. The van der Waals surface area contributed by atoms with Crippen LogP contribution in [0.15, 0.2) is 63.6 Å². The van der Waals surface area contributed by atoms with Crippen LogP contribution in [0.5, 0.6) is 0 Å². The molecule has 0 saturated heterocycles. The maximum absolute atomic E-state index is 12.9. The number of hydrogen-bond acceptors (Lipinski definition) is 3. The fourth-order valence-electron chi connectivity index (χ4n) is 1.60. The minimum absolute atomic E-state index is 0.0778. The standard InChI is InChI=1S/C15H10F3IO3S/c16-15(17,18)23(21,22)14(19-12-9-5-2-6-10-12)13(20)11-7-3-1-4-8-11/h1-10H/b14-13-.